The minimum Gasteiger partial charge on any atom is -0.333 e. The van der Waals surface area contributed by atoms with Gasteiger partial charge in [0, 0.05) is 37.0 Å². The summed E-state index contributed by atoms with van der Waals surface area (Å²) in [7, 11) is 0. The topological polar surface area (TPSA) is 118 Å². The maximum absolute atomic E-state index is 13.1. The number of hydrogen-bond acceptors (Lipinski definition) is 6. The standard InChI is InChI=1S/C24H24N6O4/c31-20-6-5-19(22(32)25-20)28-9-14-3-4-15(8-16(14)23(28)33)30-11-18(26-27-30)24(34)29-10-17-12-1-2-13(7-12)21(17)29/h3-4,8,11-13,17,19,21H,1-2,5-7,9-10H2,(H,25,31,32)/t12-,13+,17+,19?,21-/m1/s1. The number of aromatic nitrogens is 3. The molecular formula is C24H24N6O4. The van der Waals surface area contributed by atoms with E-state index in [-0.39, 0.29) is 24.1 Å². The molecule has 1 aromatic heterocycles. The smallest absolute Gasteiger partial charge is 0.276 e. The zero-order valence-electron chi connectivity index (χ0n) is 18.5. The summed E-state index contributed by atoms with van der Waals surface area (Å²) in [6, 6.07) is 5.11. The van der Waals surface area contributed by atoms with Gasteiger partial charge in [-0.25, -0.2) is 4.68 Å². The second-order valence-corrected chi connectivity index (χ2v) is 10.2. The van der Waals surface area contributed by atoms with Crippen LogP contribution >= 0.6 is 0 Å². The average molecular weight is 460 g/mol. The molecule has 5 aliphatic rings. The molecule has 5 atom stereocenters. The van der Waals surface area contributed by atoms with Crippen LogP contribution < -0.4 is 5.32 Å². The van der Waals surface area contributed by atoms with Crippen molar-refractivity contribution in [3.63, 3.8) is 0 Å². The lowest BCUT2D eigenvalue weighted by atomic mass is 9.76. The first-order chi connectivity index (χ1) is 16.5. The zero-order valence-corrected chi connectivity index (χ0v) is 18.5. The summed E-state index contributed by atoms with van der Waals surface area (Å²) in [6.45, 7) is 1.14. The maximum atomic E-state index is 13.1. The number of piperidine rings is 1. The third-order valence-electron chi connectivity index (χ3n) is 8.56. The van der Waals surface area contributed by atoms with Crippen LogP contribution in [0.25, 0.3) is 5.69 Å². The number of nitrogens with zero attached hydrogens (tertiary/aromatic N) is 5. The van der Waals surface area contributed by atoms with Crippen molar-refractivity contribution in [3.05, 3.63) is 41.2 Å². The Morgan fingerprint density at radius 1 is 1.09 bits per heavy atom. The van der Waals surface area contributed by atoms with Gasteiger partial charge in [0.2, 0.25) is 11.8 Å². The normalized spacial score (nSPS) is 31.4. The second kappa shape index (κ2) is 6.97. The molecule has 2 bridgehead atoms. The van der Waals surface area contributed by atoms with Crippen LogP contribution in [0.1, 0.15) is 58.5 Å². The predicted molar refractivity (Wildman–Crippen MR) is 117 cm³/mol. The Morgan fingerprint density at radius 3 is 2.76 bits per heavy atom. The van der Waals surface area contributed by atoms with E-state index in [4.69, 9.17) is 0 Å². The first kappa shape index (κ1) is 19.9. The molecule has 1 unspecified atom stereocenters. The third-order valence-corrected chi connectivity index (χ3v) is 8.56. The summed E-state index contributed by atoms with van der Waals surface area (Å²) in [5.41, 5.74) is 2.26. The highest BCUT2D eigenvalue weighted by atomic mass is 16.2. The average Bonchev–Trinajstić information content (AvgIpc) is 3.56. The van der Waals surface area contributed by atoms with Gasteiger partial charge < -0.3 is 9.80 Å². The number of benzene rings is 1. The van der Waals surface area contributed by atoms with Crippen molar-refractivity contribution < 1.29 is 19.2 Å². The van der Waals surface area contributed by atoms with Crippen LogP contribution in [-0.2, 0) is 16.1 Å². The first-order valence-corrected chi connectivity index (χ1v) is 12.0. The highest BCUT2D eigenvalue weighted by Gasteiger charge is 2.58. The molecule has 10 nitrogen and oxygen atoms in total. The fraction of sp³-hybridized carbons (Fsp3) is 0.500. The van der Waals surface area contributed by atoms with Crippen molar-refractivity contribution in [1.29, 1.82) is 0 Å². The van der Waals surface area contributed by atoms with Crippen molar-refractivity contribution in [2.24, 2.45) is 17.8 Å². The Balaban J connectivity index is 1.10. The fourth-order valence-corrected chi connectivity index (χ4v) is 6.87. The minimum atomic E-state index is -0.650. The van der Waals surface area contributed by atoms with Crippen molar-refractivity contribution in [1.82, 2.24) is 30.1 Å². The van der Waals surface area contributed by atoms with Crippen molar-refractivity contribution in [2.75, 3.05) is 6.54 Å². The molecular weight excluding hydrogens is 436 g/mol. The van der Waals surface area contributed by atoms with E-state index >= 15 is 0 Å². The molecule has 2 aliphatic carbocycles. The predicted octanol–water partition coefficient (Wildman–Crippen LogP) is 0.899. The van der Waals surface area contributed by atoms with E-state index in [1.165, 1.54) is 28.8 Å². The molecule has 34 heavy (non-hydrogen) atoms. The van der Waals surface area contributed by atoms with Gasteiger partial charge in [-0.1, -0.05) is 11.3 Å². The molecule has 10 heteroatoms. The number of imide groups is 1. The van der Waals surface area contributed by atoms with Crippen molar-refractivity contribution in [3.8, 4) is 5.69 Å². The summed E-state index contributed by atoms with van der Waals surface area (Å²) >= 11 is 0. The molecule has 2 saturated carbocycles. The van der Waals surface area contributed by atoms with Gasteiger partial charge >= 0.3 is 0 Å². The van der Waals surface area contributed by atoms with Gasteiger partial charge in [0.15, 0.2) is 5.69 Å². The number of hydrogen-bond donors (Lipinski definition) is 1. The number of nitrogens with one attached hydrogen (secondary N) is 1. The Morgan fingerprint density at radius 2 is 1.94 bits per heavy atom. The minimum absolute atomic E-state index is 0.0682. The summed E-state index contributed by atoms with van der Waals surface area (Å²) in [4.78, 5) is 53.4. The third kappa shape index (κ3) is 2.74. The van der Waals surface area contributed by atoms with Gasteiger partial charge in [0.25, 0.3) is 11.8 Å². The summed E-state index contributed by atoms with van der Waals surface area (Å²) in [5, 5.41) is 10.6. The molecule has 2 aromatic rings. The molecule has 0 spiro atoms. The molecule has 1 N–H and O–H groups in total. The lowest BCUT2D eigenvalue weighted by Gasteiger charge is -2.50. The second-order valence-electron chi connectivity index (χ2n) is 10.2. The molecule has 174 valence electrons. The number of rotatable bonds is 3. The van der Waals surface area contributed by atoms with Gasteiger partial charge in [0.05, 0.1) is 11.9 Å². The first-order valence-electron chi connectivity index (χ1n) is 12.0. The van der Waals surface area contributed by atoms with Crippen LogP contribution in [0.5, 0.6) is 0 Å². The largest absolute Gasteiger partial charge is 0.333 e. The zero-order chi connectivity index (χ0) is 23.1. The van der Waals surface area contributed by atoms with Gasteiger partial charge in [-0.15, -0.1) is 5.10 Å². The lowest BCUT2D eigenvalue weighted by Crippen LogP contribution is -2.60. The number of carbonyl (C=O) groups is 4. The number of fused-ring (bicyclic) bond motifs is 6. The summed E-state index contributed by atoms with van der Waals surface area (Å²) in [5.74, 6) is 1.04. The fourth-order valence-electron chi connectivity index (χ4n) is 6.87. The van der Waals surface area contributed by atoms with Crippen LogP contribution in [0.2, 0.25) is 0 Å². The Kier molecular flexibility index (Phi) is 4.07. The maximum Gasteiger partial charge on any atom is 0.276 e. The van der Waals surface area contributed by atoms with Gasteiger partial charge in [0.1, 0.15) is 6.04 Å². The highest BCUT2D eigenvalue weighted by molar-refractivity contribution is 6.05. The lowest BCUT2D eigenvalue weighted by molar-refractivity contribution is -0.136. The van der Waals surface area contributed by atoms with Crippen LogP contribution in [0.4, 0.5) is 0 Å². The Labute approximate surface area is 195 Å². The van der Waals surface area contributed by atoms with E-state index in [1.807, 2.05) is 17.0 Å². The van der Waals surface area contributed by atoms with E-state index < -0.39 is 11.9 Å². The monoisotopic (exact) mass is 460 g/mol. The number of carbonyl (C=O) groups excluding carboxylic acids is 4. The number of likely N-dealkylation sites (tertiary alicyclic amines) is 1. The highest BCUT2D eigenvalue weighted by Crippen LogP contribution is 2.55. The molecule has 0 radical (unpaired) electrons. The molecule has 4 heterocycles. The Bertz CT molecular complexity index is 1270. The van der Waals surface area contributed by atoms with Crippen LogP contribution in [0.3, 0.4) is 0 Å². The number of amides is 4. The quantitative estimate of drug-likeness (QED) is 0.680. The van der Waals surface area contributed by atoms with Crippen LogP contribution in [0, 0.1) is 17.8 Å². The van der Waals surface area contributed by atoms with E-state index in [0.717, 1.165) is 18.0 Å². The van der Waals surface area contributed by atoms with E-state index in [9.17, 15) is 19.2 Å². The van der Waals surface area contributed by atoms with E-state index in [2.05, 4.69) is 15.6 Å². The van der Waals surface area contributed by atoms with Gasteiger partial charge in [-0.05, 0) is 55.2 Å². The molecule has 3 aliphatic heterocycles. The molecule has 2 saturated heterocycles. The summed E-state index contributed by atoms with van der Waals surface area (Å²) in [6.07, 6.45) is 5.96. The van der Waals surface area contributed by atoms with E-state index in [1.54, 1.807) is 12.3 Å². The summed E-state index contributed by atoms with van der Waals surface area (Å²) < 4.78 is 1.52. The van der Waals surface area contributed by atoms with Crippen LogP contribution in [0.15, 0.2) is 24.4 Å². The van der Waals surface area contributed by atoms with Crippen LogP contribution in [-0.4, -0.2) is 67.1 Å². The van der Waals surface area contributed by atoms with E-state index in [0.29, 0.717) is 47.8 Å². The van der Waals surface area contributed by atoms with Gasteiger partial charge in [-0.2, -0.15) is 0 Å². The molecule has 4 fully saturated rings. The van der Waals surface area contributed by atoms with Gasteiger partial charge in [-0.3, -0.25) is 24.5 Å². The molecule has 1 aromatic carbocycles. The van der Waals surface area contributed by atoms with Crippen molar-refractivity contribution in [2.45, 2.75) is 50.7 Å². The Hall–Kier alpha value is -3.56. The molecule has 7 rings (SSSR count). The SMILES string of the molecule is O=C1CCC(N2Cc3ccc(-n4cc(C(=O)N5C[C@H]6[C@@H]7CC[C@@H](C7)[C@H]65)nn4)cc3C2=O)C(=O)N1. The molecule has 4 amide bonds. The van der Waals surface area contributed by atoms with Crippen molar-refractivity contribution >= 4 is 23.6 Å².